The van der Waals surface area contributed by atoms with E-state index in [1.165, 1.54) is 12.8 Å². The van der Waals surface area contributed by atoms with E-state index in [4.69, 9.17) is 0 Å². The van der Waals surface area contributed by atoms with Crippen LogP contribution >= 0.6 is 0 Å². The number of hydrogen-bond donors (Lipinski definition) is 1. The molecular weight excluding hydrogens is 329 g/mol. The molecule has 0 unspecified atom stereocenters. The molecule has 134 valence electrons. The van der Waals surface area contributed by atoms with Crippen molar-refractivity contribution in [2.75, 3.05) is 11.9 Å². The number of fused-ring (bicyclic) bond motifs is 7. The first-order valence-corrected chi connectivity index (χ1v) is 9.15. The molecule has 0 aromatic heterocycles. The van der Waals surface area contributed by atoms with Crippen molar-refractivity contribution in [2.45, 2.75) is 43.9 Å². The molecule has 6 heteroatoms. The van der Waals surface area contributed by atoms with Crippen LogP contribution in [-0.4, -0.2) is 29.2 Å². The molecule has 3 aliphatic carbocycles. The van der Waals surface area contributed by atoms with Gasteiger partial charge in [0.05, 0.1) is 5.56 Å². The van der Waals surface area contributed by atoms with Crippen LogP contribution in [0.3, 0.4) is 0 Å². The summed E-state index contributed by atoms with van der Waals surface area (Å²) in [6.07, 6.45) is 0.660. The third kappa shape index (κ3) is 2.09. The van der Waals surface area contributed by atoms with Gasteiger partial charge in [0, 0.05) is 11.6 Å². The topological polar surface area (TPSA) is 32.3 Å². The monoisotopic (exact) mass is 350 g/mol. The summed E-state index contributed by atoms with van der Waals surface area (Å²) >= 11 is 0. The Morgan fingerprint density at radius 2 is 1.96 bits per heavy atom. The van der Waals surface area contributed by atoms with Crippen molar-refractivity contribution in [1.29, 1.82) is 0 Å². The van der Waals surface area contributed by atoms with Crippen LogP contribution < -0.4 is 5.32 Å². The summed E-state index contributed by atoms with van der Waals surface area (Å²) in [5, 5.41) is 3.42. The van der Waals surface area contributed by atoms with Crippen LogP contribution in [0.5, 0.6) is 0 Å². The van der Waals surface area contributed by atoms with Crippen LogP contribution in [0.25, 0.3) is 0 Å². The van der Waals surface area contributed by atoms with Crippen LogP contribution in [0.4, 0.5) is 18.9 Å². The summed E-state index contributed by atoms with van der Waals surface area (Å²) in [6, 6.07) is 6.97. The lowest BCUT2D eigenvalue weighted by atomic mass is 9.73. The van der Waals surface area contributed by atoms with Crippen LogP contribution in [0.1, 0.15) is 42.5 Å². The van der Waals surface area contributed by atoms with Gasteiger partial charge in [-0.25, -0.2) is 0 Å². The van der Waals surface area contributed by atoms with E-state index in [0.717, 1.165) is 17.7 Å². The zero-order chi connectivity index (χ0) is 17.4. The molecule has 1 aliphatic heterocycles. The average molecular weight is 350 g/mol. The number of hydrogen-bond acceptors (Lipinski definition) is 2. The maximum Gasteiger partial charge on any atom is 0.406 e. The number of halogens is 3. The Labute approximate surface area is 144 Å². The van der Waals surface area contributed by atoms with Gasteiger partial charge in [-0.3, -0.25) is 4.79 Å². The molecule has 4 aliphatic rings. The van der Waals surface area contributed by atoms with E-state index in [1.54, 1.807) is 12.1 Å². The third-order valence-corrected chi connectivity index (χ3v) is 7.06. The first kappa shape index (κ1) is 15.5. The van der Waals surface area contributed by atoms with Crippen molar-refractivity contribution in [2.24, 2.45) is 23.7 Å². The quantitative estimate of drug-likeness (QED) is 0.820. The number of nitrogens with zero attached hydrogens (tertiary/aromatic N) is 1. The Hall–Kier alpha value is -1.72. The average Bonchev–Trinajstić information content (AvgIpc) is 3.22. The largest absolute Gasteiger partial charge is 0.406 e. The van der Waals surface area contributed by atoms with Crippen LogP contribution in [0.2, 0.25) is 0 Å². The van der Waals surface area contributed by atoms with E-state index in [1.807, 2.05) is 12.1 Å². The van der Waals surface area contributed by atoms with Crippen molar-refractivity contribution in [3.63, 3.8) is 0 Å². The standard InChI is InChI=1S/C19H21F3N2O/c20-19(21,22)10-24-17(25)14-4-1-2-7-16(14)23-18(24)9-11-8-15(18)13-6-3-5-12(11)13/h1-2,4,7,11-13,15,23H,3,5-6,8-10H2/t11-,12-,13+,15-,18+/m1/s1. The Kier molecular flexibility index (Phi) is 3.06. The van der Waals surface area contributed by atoms with Crippen LogP contribution in [0, 0.1) is 23.7 Å². The van der Waals surface area contributed by atoms with E-state index in [9.17, 15) is 18.0 Å². The zero-order valence-corrected chi connectivity index (χ0v) is 13.9. The van der Waals surface area contributed by atoms with Gasteiger partial charge in [-0.15, -0.1) is 0 Å². The number of para-hydroxylation sites is 1. The smallest absolute Gasteiger partial charge is 0.362 e. The number of carbonyl (C=O) groups excluding carboxylic acids is 1. The van der Waals surface area contributed by atoms with E-state index < -0.39 is 24.3 Å². The highest BCUT2D eigenvalue weighted by molar-refractivity contribution is 6.02. The van der Waals surface area contributed by atoms with Crippen molar-refractivity contribution in [1.82, 2.24) is 4.90 Å². The van der Waals surface area contributed by atoms with Gasteiger partial charge in [-0.1, -0.05) is 18.6 Å². The van der Waals surface area contributed by atoms with Crippen molar-refractivity contribution < 1.29 is 18.0 Å². The molecule has 1 heterocycles. The lowest BCUT2D eigenvalue weighted by Crippen LogP contribution is -2.66. The Morgan fingerprint density at radius 3 is 2.76 bits per heavy atom. The summed E-state index contributed by atoms with van der Waals surface area (Å²) in [6.45, 7) is -1.17. The van der Waals surface area contributed by atoms with Gasteiger partial charge in [0.25, 0.3) is 5.91 Å². The Bertz CT molecular complexity index is 734. The van der Waals surface area contributed by atoms with Gasteiger partial charge in [-0.2, -0.15) is 13.2 Å². The normalized spacial score (nSPS) is 38.8. The minimum atomic E-state index is -4.40. The SMILES string of the molecule is O=C1c2ccccc2N[C@@]2(C[C@H]3C[C@@H]2[C@H]2CCC[C@H]32)N1CC(F)(F)F. The van der Waals surface area contributed by atoms with E-state index >= 15 is 0 Å². The van der Waals surface area contributed by atoms with Crippen molar-refractivity contribution in [3.8, 4) is 0 Å². The molecular formula is C19H21F3N2O. The molecule has 1 amide bonds. The molecule has 3 fully saturated rings. The van der Waals surface area contributed by atoms with E-state index in [-0.39, 0.29) is 5.92 Å². The van der Waals surface area contributed by atoms with E-state index in [2.05, 4.69) is 5.32 Å². The number of benzene rings is 1. The predicted molar refractivity (Wildman–Crippen MR) is 86.9 cm³/mol. The fourth-order valence-corrected chi connectivity index (χ4v) is 6.37. The Balaban J connectivity index is 1.60. The number of amides is 1. The molecule has 3 nitrogen and oxygen atoms in total. The number of nitrogens with one attached hydrogen (secondary N) is 1. The first-order valence-electron chi connectivity index (χ1n) is 9.15. The molecule has 1 aromatic carbocycles. The van der Waals surface area contributed by atoms with Gasteiger partial charge < -0.3 is 10.2 Å². The van der Waals surface area contributed by atoms with Crippen molar-refractivity contribution >= 4 is 11.6 Å². The van der Waals surface area contributed by atoms with Crippen LogP contribution in [-0.2, 0) is 0 Å². The summed E-state index contributed by atoms with van der Waals surface area (Å²) in [7, 11) is 0. The molecule has 3 saturated carbocycles. The van der Waals surface area contributed by atoms with Crippen LogP contribution in [0.15, 0.2) is 24.3 Å². The summed E-state index contributed by atoms with van der Waals surface area (Å²) in [5.41, 5.74) is 0.174. The fraction of sp³-hybridized carbons (Fsp3) is 0.632. The molecule has 2 bridgehead atoms. The third-order valence-electron chi connectivity index (χ3n) is 7.06. The maximum atomic E-state index is 13.3. The molecule has 5 atom stereocenters. The first-order chi connectivity index (χ1) is 11.9. The highest BCUT2D eigenvalue weighted by atomic mass is 19.4. The second-order valence-corrected chi connectivity index (χ2v) is 8.17. The summed E-state index contributed by atoms with van der Waals surface area (Å²) in [4.78, 5) is 14.1. The lowest BCUT2D eigenvalue weighted by Gasteiger charge is -2.53. The summed E-state index contributed by atoms with van der Waals surface area (Å²) in [5.74, 6) is 1.20. The molecule has 0 radical (unpaired) electrons. The number of alkyl halides is 3. The fourth-order valence-electron chi connectivity index (χ4n) is 6.37. The predicted octanol–water partition coefficient (Wildman–Crippen LogP) is 4.27. The zero-order valence-electron chi connectivity index (χ0n) is 13.9. The van der Waals surface area contributed by atoms with Gasteiger partial charge in [0.15, 0.2) is 0 Å². The highest BCUT2D eigenvalue weighted by Crippen LogP contribution is 2.64. The lowest BCUT2D eigenvalue weighted by molar-refractivity contribution is -0.155. The maximum absolute atomic E-state index is 13.3. The Morgan fingerprint density at radius 1 is 1.20 bits per heavy atom. The minimum Gasteiger partial charge on any atom is -0.362 e. The second kappa shape index (κ2) is 4.92. The van der Waals surface area contributed by atoms with Gasteiger partial charge in [-0.05, 0) is 55.6 Å². The second-order valence-electron chi connectivity index (χ2n) is 8.17. The van der Waals surface area contributed by atoms with Gasteiger partial charge >= 0.3 is 6.18 Å². The van der Waals surface area contributed by atoms with E-state index in [0.29, 0.717) is 35.4 Å². The molecule has 0 saturated heterocycles. The molecule has 25 heavy (non-hydrogen) atoms. The highest BCUT2D eigenvalue weighted by Gasteiger charge is 2.65. The molecule has 1 spiro atoms. The molecule has 5 rings (SSSR count). The van der Waals surface area contributed by atoms with Gasteiger partial charge in [0.1, 0.15) is 12.2 Å². The number of anilines is 1. The summed E-state index contributed by atoms with van der Waals surface area (Å²) < 4.78 is 39.9. The minimum absolute atomic E-state index is 0.129. The molecule has 1 aromatic rings. The van der Waals surface area contributed by atoms with Gasteiger partial charge in [0.2, 0.25) is 0 Å². The number of carbonyl (C=O) groups is 1. The molecule has 1 N–H and O–H groups in total. The number of rotatable bonds is 1. The van der Waals surface area contributed by atoms with Crippen molar-refractivity contribution in [3.05, 3.63) is 29.8 Å².